The fourth-order valence-corrected chi connectivity index (χ4v) is 2.16. The van der Waals surface area contributed by atoms with Gasteiger partial charge in [0.2, 0.25) is 0 Å². The largest absolute Gasteiger partial charge is 0.493 e. The van der Waals surface area contributed by atoms with Gasteiger partial charge in [0, 0.05) is 15.0 Å². The van der Waals surface area contributed by atoms with Gasteiger partial charge in [0.15, 0.2) is 0 Å². The lowest BCUT2D eigenvalue weighted by atomic mass is 10.3. The molecule has 0 spiro atoms. The van der Waals surface area contributed by atoms with Gasteiger partial charge in [-0.05, 0) is 41.0 Å². The molecule has 6 heteroatoms. The Morgan fingerprint density at radius 3 is 2.95 bits per heavy atom. The number of rotatable bonds is 5. The molecule has 0 radical (unpaired) electrons. The van der Waals surface area contributed by atoms with E-state index in [4.69, 9.17) is 10.5 Å². The lowest BCUT2D eigenvalue weighted by molar-refractivity contribution is 0.313. The molecule has 4 nitrogen and oxygen atoms in total. The van der Waals surface area contributed by atoms with Gasteiger partial charge in [-0.25, -0.2) is 0 Å². The third-order valence-electron chi connectivity index (χ3n) is 2.59. The summed E-state index contributed by atoms with van der Waals surface area (Å²) >= 11 is 6.95. The lowest BCUT2D eigenvalue weighted by Crippen LogP contribution is -2.21. The molecule has 0 aromatic heterocycles. The Kier molecular flexibility index (Phi) is 5.42. The van der Waals surface area contributed by atoms with Crippen molar-refractivity contribution in [2.45, 2.75) is 6.42 Å². The Bertz CT molecular complexity index is 502. The van der Waals surface area contributed by atoms with Gasteiger partial charge in [-0.15, -0.1) is 0 Å². The van der Waals surface area contributed by atoms with Crippen molar-refractivity contribution in [3.05, 3.63) is 33.2 Å². The van der Waals surface area contributed by atoms with Crippen LogP contribution in [0.4, 0.5) is 5.69 Å². The van der Waals surface area contributed by atoms with E-state index in [1.807, 2.05) is 29.3 Å². The van der Waals surface area contributed by atoms with E-state index in [9.17, 15) is 0 Å². The normalized spacial score (nSPS) is 15.0. The first kappa shape index (κ1) is 14.6. The molecule has 0 bridgehead atoms. The summed E-state index contributed by atoms with van der Waals surface area (Å²) in [6, 6.07) is 7.89. The highest BCUT2D eigenvalue weighted by atomic mass is 79.9. The molecular weight excluding hydrogens is 374 g/mol. The quantitative estimate of drug-likeness (QED) is 0.788. The molecule has 0 saturated heterocycles. The average molecular weight is 389 g/mol. The summed E-state index contributed by atoms with van der Waals surface area (Å²) in [5, 5.41) is 6.27. The maximum Gasteiger partial charge on any atom is 0.121 e. The van der Waals surface area contributed by atoms with Crippen molar-refractivity contribution in [1.82, 2.24) is 0 Å². The SMILES string of the molecule is NCCCOc1cccc(N2CC(Br)=C(Br)C=N2)c1. The minimum absolute atomic E-state index is 0.637. The van der Waals surface area contributed by atoms with E-state index in [0.29, 0.717) is 19.7 Å². The van der Waals surface area contributed by atoms with Gasteiger partial charge in [-0.1, -0.05) is 22.0 Å². The van der Waals surface area contributed by atoms with Crippen molar-refractivity contribution < 1.29 is 4.74 Å². The second kappa shape index (κ2) is 7.07. The molecule has 2 N–H and O–H groups in total. The van der Waals surface area contributed by atoms with Crippen molar-refractivity contribution in [3.8, 4) is 5.75 Å². The molecule has 0 fully saturated rings. The standard InChI is InChI=1S/C13H15Br2N3O/c14-12-8-17-18(9-13(12)15)10-3-1-4-11(7-10)19-6-2-5-16/h1,3-4,7-8H,2,5-6,9,16H2. The smallest absolute Gasteiger partial charge is 0.121 e. The maximum absolute atomic E-state index is 5.63. The predicted octanol–water partition coefficient (Wildman–Crippen LogP) is 3.22. The van der Waals surface area contributed by atoms with Crippen molar-refractivity contribution >= 4 is 43.8 Å². The second-order valence-corrected chi connectivity index (χ2v) is 5.85. The Labute approximate surface area is 129 Å². The van der Waals surface area contributed by atoms with E-state index < -0.39 is 0 Å². The van der Waals surface area contributed by atoms with Gasteiger partial charge in [-0.2, -0.15) is 5.10 Å². The number of nitrogens with zero attached hydrogens (tertiary/aromatic N) is 2. The zero-order chi connectivity index (χ0) is 13.7. The van der Waals surface area contributed by atoms with Gasteiger partial charge in [0.1, 0.15) is 5.75 Å². The summed E-state index contributed by atoms with van der Waals surface area (Å²) in [7, 11) is 0. The molecule has 0 aliphatic carbocycles. The van der Waals surface area contributed by atoms with Crippen LogP contribution >= 0.6 is 31.9 Å². The van der Waals surface area contributed by atoms with Crippen LogP contribution in [-0.4, -0.2) is 25.9 Å². The number of halogens is 2. The molecule has 1 aromatic rings. The number of benzene rings is 1. The van der Waals surface area contributed by atoms with Crippen LogP contribution in [0, 0.1) is 0 Å². The summed E-state index contributed by atoms with van der Waals surface area (Å²) < 4.78 is 7.67. The van der Waals surface area contributed by atoms with Crippen LogP contribution in [0.15, 0.2) is 38.3 Å². The van der Waals surface area contributed by atoms with Crippen LogP contribution in [0.2, 0.25) is 0 Å². The van der Waals surface area contributed by atoms with E-state index in [-0.39, 0.29) is 0 Å². The Morgan fingerprint density at radius 1 is 1.37 bits per heavy atom. The molecular formula is C13H15Br2N3O. The molecule has 0 saturated carbocycles. The molecule has 0 atom stereocenters. The average Bonchev–Trinajstić information content (AvgIpc) is 2.43. The number of allylic oxidation sites excluding steroid dienone is 1. The van der Waals surface area contributed by atoms with E-state index in [2.05, 4.69) is 37.0 Å². The van der Waals surface area contributed by atoms with Crippen LogP contribution in [-0.2, 0) is 0 Å². The van der Waals surface area contributed by atoms with Crippen molar-refractivity contribution in [2.24, 2.45) is 10.8 Å². The zero-order valence-corrected chi connectivity index (χ0v) is 13.5. The fraction of sp³-hybridized carbons (Fsp3) is 0.308. The Balaban J connectivity index is 2.05. The van der Waals surface area contributed by atoms with Gasteiger partial charge in [-0.3, -0.25) is 5.01 Å². The highest BCUT2D eigenvalue weighted by Gasteiger charge is 2.13. The molecule has 19 heavy (non-hydrogen) atoms. The van der Waals surface area contributed by atoms with Crippen LogP contribution in [0.25, 0.3) is 0 Å². The van der Waals surface area contributed by atoms with Crippen LogP contribution in [0.5, 0.6) is 5.75 Å². The molecule has 1 aromatic carbocycles. The number of nitrogens with two attached hydrogens (primary N) is 1. The van der Waals surface area contributed by atoms with Crippen LogP contribution in [0.1, 0.15) is 6.42 Å². The predicted molar refractivity (Wildman–Crippen MR) is 86.3 cm³/mol. The highest BCUT2D eigenvalue weighted by Crippen LogP contribution is 2.27. The number of anilines is 1. The van der Waals surface area contributed by atoms with Gasteiger partial charge in [0.25, 0.3) is 0 Å². The van der Waals surface area contributed by atoms with Crippen molar-refractivity contribution in [1.29, 1.82) is 0 Å². The number of ether oxygens (including phenoxy) is 1. The molecule has 1 aliphatic heterocycles. The third kappa shape index (κ3) is 4.06. The minimum Gasteiger partial charge on any atom is -0.493 e. The highest BCUT2D eigenvalue weighted by molar-refractivity contribution is 9.14. The molecule has 1 aliphatic rings. The lowest BCUT2D eigenvalue weighted by Gasteiger charge is -2.22. The van der Waals surface area contributed by atoms with Crippen LogP contribution < -0.4 is 15.5 Å². The first-order valence-corrected chi connectivity index (χ1v) is 7.58. The van der Waals surface area contributed by atoms with E-state index >= 15 is 0 Å². The summed E-state index contributed by atoms with van der Waals surface area (Å²) in [6.45, 7) is 1.98. The topological polar surface area (TPSA) is 50.9 Å². The Hall–Kier alpha value is -0.850. The number of hydrogen-bond acceptors (Lipinski definition) is 4. The van der Waals surface area contributed by atoms with Crippen LogP contribution in [0.3, 0.4) is 0 Å². The maximum atomic E-state index is 5.63. The Morgan fingerprint density at radius 2 is 2.21 bits per heavy atom. The molecule has 2 rings (SSSR count). The summed E-state index contributed by atoms with van der Waals surface area (Å²) in [5.74, 6) is 0.839. The number of hydrazone groups is 1. The second-order valence-electron chi connectivity index (χ2n) is 4.04. The van der Waals surface area contributed by atoms with E-state index in [1.165, 1.54) is 0 Å². The molecule has 102 valence electrons. The summed E-state index contributed by atoms with van der Waals surface area (Å²) in [5.41, 5.74) is 6.44. The van der Waals surface area contributed by atoms with Gasteiger partial charge >= 0.3 is 0 Å². The minimum atomic E-state index is 0.637. The molecule has 0 amide bonds. The van der Waals surface area contributed by atoms with Gasteiger partial charge in [0.05, 0.1) is 25.1 Å². The van der Waals surface area contributed by atoms with E-state index in [0.717, 1.165) is 26.8 Å². The first-order chi connectivity index (χ1) is 9.20. The molecule has 1 heterocycles. The third-order valence-corrected chi connectivity index (χ3v) is 4.48. The number of hydrogen-bond donors (Lipinski definition) is 1. The van der Waals surface area contributed by atoms with E-state index in [1.54, 1.807) is 6.21 Å². The zero-order valence-electron chi connectivity index (χ0n) is 10.4. The molecule has 0 unspecified atom stereocenters. The fourth-order valence-electron chi connectivity index (χ4n) is 1.60. The first-order valence-electron chi connectivity index (χ1n) is 5.99. The summed E-state index contributed by atoms with van der Waals surface area (Å²) in [6.07, 6.45) is 2.63. The summed E-state index contributed by atoms with van der Waals surface area (Å²) in [4.78, 5) is 0. The monoisotopic (exact) mass is 387 g/mol. The van der Waals surface area contributed by atoms with Crippen molar-refractivity contribution in [3.63, 3.8) is 0 Å². The van der Waals surface area contributed by atoms with Gasteiger partial charge < -0.3 is 10.5 Å². The van der Waals surface area contributed by atoms with Crippen molar-refractivity contribution in [2.75, 3.05) is 24.7 Å².